The molecule has 0 fully saturated rings. The number of nitrogens with zero attached hydrogens (tertiary/aromatic N) is 3. The Hall–Kier alpha value is -5.15. The average molecular weight is 646 g/mol. The van der Waals surface area contributed by atoms with Crippen LogP contribution in [0.25, 0.3) is 32.7 Å². The molecule has 0 radical (unpaired) electrons. The third-order valence-electron chi connectivity index (χ3n) is 8.44. The van der Waals surface area contributed by atoms with Crippen LogP contribution in [-0.4, -0.2) is 40.1 Å². The number of carbonyl (C=O) groups excluding carboxylic acids is 1. The second-order valence-corrected chi connectivity index (χ2v) is 12.5. The number of nitrogens with one attached hydrogen (secondary N) is 1. The normalized spacial score (nSPS) is 12.1. The Balaban J connectivity index is 1.27. The number of carbonyl (C=O) groups is 1. The molecule has 9 heteroatoms. The highest BCUT2D eigenvalue weighted by Gasteiger charge is 2.21. The highest BCUT2D eigenvalue weighted by Crippen LogP contribution is 2.45. The number of furan rings is 1. The minimum Gasteiger partial charge on any atom is -0.493 e. The van der Waals surface area contributed by atoms with Crippen molar-refractivity contribution in [1.29, 1.82) is 0 Å². The van der Waals surface area contributed by atoms with Gasteiger partial charge in [-0.25, -0.2) is 0 Å². The van der Waals surface area contributed by atoms with Crippen LogP contribution >= 0.6 is 0 Å². The first-order valence-corrected chi connectivity index (χ1v) is 16.7. The van der Waals surface area contributed by atoms with Crippen LogP contribution in [0.4, 0.5) is 0 Å². The molecule has 0 aliphatic rings. The maximum atomic E-state index is 12.7. The monoisotopic (exact) mass is 645 g/mol. The predicted molar refractivity (Wildman–Crippen MR) is 189 cm³/mol. The first-order chi connectivity index (χ1) is 23.5. The van der Waals surface area contributed by atoms with E-state index >= 15 is 0 Å². The van der Waals surface area contributed by atoms with Gasteiger partial charge in [-0.2, -0.15) is 0 Å². The van der Waals surface area contributed by atoms with E-state index in [2.05, 4.69) is 96.2 Å². The minimum absolute atomic E-state index is 0.169. The molecule has 0 aliphatic carbocycles. The van der Waals surface area contributed by atoms with Crippen molar-refractivity contribution in [1.82, 2.24) is 20.3 Å². The summed E-state index contributed by atoms with van der Waals surface area (Å²) in [5, 5.41) is 16.3. The van der Waals surface area contributed by atoms with Crippen LogP contribution in [0.3, 0.4) is 0 Å². The third-order valence-corrected chi connectivity index (χ3v) is 8.44. The van der Waals surface area contributed by atoms with Gasteiger partial charge in [0.1, 0.15) is 23.8 Å². The zero-order chi connectivity index (χ0) is 33.3. The summed E-state index contributed by atoms with van der Waals surface area (Å²) in [6.07, 6.45) is 6.83. The summed E-state index contributed by atoms with van der Waals surface area (Å²) in [5.74, 6) is 2.12. The molecular formula is C39H43N5O4. The van der Waals surface area contributed by atoms with Crippen LogP contribution < -0.4 is 20.5 Å². The van der Waals surface area contributed by atoms with E-state index in [1.807, 2.05) is 12.3 Å². The van der Waals surface area contributed by atoms with Crippen LogP contribution in [-0.2, 0) is 13.2 Å². The maximum absolute atomic E-state index is 12.7. The van der Waals surface area contributed by atoms with Crippen LogP contribution in [0.2, 0.25) is 0 Å². The summed E-state index contributed by atoms with van der Waals surface area (Å²) in [6, 6.07) is 28.2. The number of nitrogens with two attached hydrogens (primary N) is 1. The third kappa shape index (κ3) is 7.86. The molecule has 1 amide bonds. The van der Waals surface area contributed by atoms with Crippen molar-refractivity contribution in [2.24, 2.45) is 11.7 Å². The van der Waals surface area contributed by atoms with Gasteiger partial charge >= 0.3 is 0 Å². The SMILES string of the molecule is CC(C)CCOc1ccc2ccccc2c1-c1c(OCc2cn(C[C@@H](CCCCN)NC(=O)c3ccco3)nn2)ccc2ccccc12. The van der Waals surface area contributed by atoms with Gasteiger partial charge in [-0.05, 0) is 77.5 Å². The minimum atomic E-state index is -0.258. The fourth-order valence-electron chi connectivity index (χ4n) is 5.94. The molecule has 2 aromatic heterocycles. The van der Waals surface area contributed by atoms with Gasteiger partial charge in [0.15, 0.2) is 5.76 Å². The molecule has 3 N–H and O–H groups in total. The summed E-state index contributed by atoms with van der Waals surface area (Å²) in [5.41, 5.74) is 8.40. The van der Waals surface area contributed by atoms with Gasteiger partial charge in [-0.15, -0.1) is 5.10 Å². The second-order valence-electron chi connectivity index (χ2n) is 12.5. The van der Waals surface area contributed by atoms with Gasteiger partial charge in [-0.3, -0.25) is 9.48 Å². The zero-order valence-corrected chi connectivity index (χ0v) is 27.6. The number of hydrogen-bond donors (Lipinski definition) is 2. The highest BCUT2D eigenvalue weighted by atomic mass is 16.5. The summed E-state index contributed by atoms with van der Waals surface area (Å²) in [4.78, 5) is 12.7. The van der Waals surface area contributed by atoms with Gasteiger partial charge in [0.2, 0.25) is 0 Å². The maximum Gasteiger partial charge on any atom is 0.287 e. The number of aromatic nitrogens is 3. The van der Waals surface area contributed by atoms with E-state index in [-0.39, 0.29) is 24.3 Å². The van der Waals surface area contributed by atoms with Gasteiger partial charge in [0.25, 0.3) is 5.91 Å². The lowest BCUT2D eigenvalue weighted by atomic mass is 9.92. The topological polar surface area (TPSA) is 117 Å². The molecule has 1 atom stereocenters. The number of hydrogen-bond acceptors (Lipinski definition) is 7. The second kappa shape index (κ2) is 15.6. The zero-order valence-electron chi connectivity index (χ0n) is 27.6. The number of rotatable bonds is 16. The van der Waals surface area contributed by atoms with Crippen LogP contribution in [0.5, 0.6) is 11.5 Å². The summed E-state index contributed by atoms with van der Waals surface area (Å²) >= 11 is 0. The summed E-state index contributed by atoms with van der Waals surface area (Å²) in [6.45, 7) is 6.31. The summed E-state index contributed by atoms with van der Waals surface area (Å²) < 4.78 is 20.1. The molecule has 0 saturated carbocycles. The smallest absolute Gasteiger partial charge is 0.287 e. The standard InChI is InChI=1S/C39H43N5O4/c1-27(2)20-23-47-34-18-16-28-10-3-5-13-32(28)37(34)38-33-14-6-4-11-29(33)17-19-35(38)48-26-31-25-44(43-42-31)24-30(12-7-8-21-40)41-39(45)36-15-9-22-46-36/h3-6,9-11,13-19,22,25,27,30H,7-8,12,20-21,23-24,26,40H2,1-2H3,(H,41,45)/t30-/m1/s1. The Bertz CT molecular complexity index is 1950. The molecule has 0 spiro atoms. The van der Waals surface area contributed by atoms with E-state index in [1.165, 1.54) is 6.26 Å². The molecule has 4 aromatic carbocycles. The van der Waals surface area contributed by atoms with E-state index in [1.54, 1.807) is 16.8 Å². The molecule has 6 aromatic rings. The Labute approximate surface area is 281 Å². The Kier molecular flexibility index (Phi) is 10.7. The van der Waals surface area contributed by atoms with E-state index in [9.17, 15) is 4.79 Å². The number of ether oxygens (including phenoxy) is 2. The van der Waals surface area contributed by atoms with Crippen molar-refractivity contribution < 1.29 is 18.7 Å². The van der Waals surface area contributed by atoms with Crippen LogP contribution in [0.15, 0.2) is 102 Å². The van der Waals surface area contributed by atoms with E-state index in [0.29, 0.717) is 31.3 Å². The Morgan fingerprint density at radius 2 is 1.54 bits per heavy atom. The van der Waals surface area contributed by atoms with Gasteiger partial charge in [0.05, 0.1) is 25.6 Å². The fourth-order valence-corrected chi connectivity index (χ4v) is 5.94. The van der Waals surface area contributed by atoms with Crippen molar-refractivity contribution in [3.05, 3.63) is 109 Å². The lowest BCUT2D eigenvalue weighted by molar-refractivity contribution is 0.0901. The lowest BCUT2D eigenvalue weighted by Gasteiger charge is -2.20. The molecule has 2 heterocycles. The van der Waals surface area contributed by atoms with Crippen molar-refractivity contribution in [3.63, 3.8) is 0 Å². The molecule has 6 rings (SSSR count). The average Bonchev–Trinajstić information content (AvgIpc) is 3.80. The molecule has 0 unspecified atom stereocenters. The quantitative estimate of drug-likeness (QED) is 0.103. The molecule has 248 valence electrons. The van der Waals surface area contributed by atoms with Crippen molar-refractivity contribution in [3.8, 4) is 22.6 Å². The van der Waals surface area contributed by atoms with Crippen molar-refractivity contribution in [2.75, 3.05) is 13.2 Å². The van der Waals surface area contributed by atoms with Crippen LogP contribution in [0.1, 0.15) is 55.8 Å². The number of unbranched alkanes of at least 4 members (excludes halogenated alkanes) is 1. The van der Waals surface area contributed by atoms with Crippen LogP contribution in [0, 0.1) is 5.92 Å². The molecule has 0 saturated heterocycles. The fraction of sp³-hybridized carbons (Fsp3) is 0.308. The molecular weight excluding hydrogens is 602 g/mol. The molecule has 48 heavy (non-hydrogen) atoms. The molecule has 0 bridgehead atoms. The molecule has 9 nitrogen and oxygen atoms in total. The number of amides is 1. The van der Waals surface area contributed by atoms with Gasteiger partial charge < -0.3 is 24.9 Å². The Morgan fingerprint density at radius 1 is 0.854 bits per heavy atom. The first kappa shape index (κ1) is 32.8. The van der Waals surface area contributed by atoms with Gasteiger partial charge in [-0.1, -0.05) is 86.1 Å². The lowest BCUT2D eigenvalue weighted by Crippen LogP contribution is -2.38. The van der Waals surface area contributed by atoms with E-state index < -0.39 is 0 Å². The first-order valence-electron chi connectivity index (χ1n) is 16.7. The van der Waals surface area contributed by atoms with Gasteiger partial charge in [0, 0.05) is 17.2 Å². The Morgan fingerprint density at radius 3 is 2.19 bits per heavy atom. The number of fused-ring (bicyclic) bond motifs is 2. The summed E-state index contributed by atoms with van der Waals surface area (Å²) in [7, 11) is 0. The van der Waals surface area contributed by atoms with Crippen molar-refractivity contribution >= 4 is 27.5 Å². The number of benzene rings is 4. The van der Waals surface area contributed by atoms with E-state index in [4.69, 9.17) is 19.6 Å². The predicted octanol–water partition coefficient (Wildman–Crippen LogP) is 7.78. The van der Waals surface area contributed by atoms with E-state index in [0.717, 1.165) is 69.9 Å². The molecule has 0 aliphatic heterocycles. The largest absolute Gasteiger partial charge is 0.493 e. The van der Waals surface area contributed by atoms with Crippen molar-refractivity contribution in [2.45, 2.75) is 58.7 Å². The highest BCUT2D eigenvalue weighted by molar-refractivity contribution is 6.09.